The molecule has 0 aromatic heterocycles. The molecule has 0 amide bonds. The maximum atomic E-state index is 12.7. The smallest absolute Gasteiger partial charge is 0.188 e. The molecule has 1 saturated heterocycles. The van der Waals surface area contributed by atoms with Crippen LogP contribution in [0.1, 0.15) is 18.1 Å². The predicted molar refractivity (Wildman–Crippen MR) is 82.2 cm³/mol. The highest BCUT2D eigenvalue weighted by Crippen LogP contribution is 2.32. The van der Waals surface area contributed by atoms with Gasteiger partial charge in [0.05, 0.1) is 11.0 Å². The Bertz CT molecular complexity index is 754. The Morgan fingerprint density at radius 1 is 0.909 bits per heavy atom. The highest BCUT2D eigenvalue weighted by Gasteiger charge is 2.39. The minimum atomic E-state index is -3.68. The Hall–Kier alpha value is -1.98. The number of Topliss-reactive ketones (excluding diaryl/α,β-unsaturated/α-hetero) is 1. The summed E-state index contributed by atoms with van der Waals surface area (Å²) in [6.07, 6.45) is -0.220. The number of benzene rings is 2. The molecule has 0 spiro atoms. The van der Waals surface area contributed by atoms with Crippen molar-refractivity contribution in [2.75, 3.05) is 6.61 Å². The molecule has 2 aromatic rings. The minimum absolute atomic E-state index is 0.153. The first-order chi connectivity index (χ1) is 10.6. The second kappa shape index (κ2) is 6.02. The van der Waals surface area contributed by atoms with Crippen LogP contribution in [0, 0.1) is 0 Å². The number of carbonyl (C=O) groups excluding carboxylic acids is 1. The zero-order valence-corrected chi connectivity index (χ0v) is 12.7. The summed E-state index contributed by atoms with van der Waals surface area (Å²) in [5, 5.41) is -1.05. The first-order valence-corrected chi connectivity index (χ1v) is 8.62. The Balaban J connectivity index is 1.91. The van der Waals surface area contributed by atoms with E-state index in [0.717, 1.165) is 5.56 Å². The van der Waals surface area contributed by atoms with Crippen LogP contribution < -0.4 is 0 Å². The van der Waals surface area contributed by atoms with E-state index in [1.165, 1.54) is 12.1 Å². The normalized spacial score (nSPS) is 22.5. The van der Waals surface area contributed by atoms with E-state index in [0.29, 0.717) is 0 Å². The SMILES string of the molecule is O=C1COC(c2ccccc2)CC1S(=O)(=O)c1ccccc1. The van der Waals surface area contributed by atoms with Crippen molar-refractivity contribution in [3.05, 3.63) is 66.2 Å². The fourth-order valence-electron chi connectivity index (χ4n) is 2.64. The maximum absolute atomic E-state index is 12.7. The molecule has 22 heavy (non-hydrogen) atoms. The molecule has 0 saturated carbocycles. The van der Waals surface area contributed by atoms with E-state index in [-0.39, 0.29) is 29.8 Å². The van der Waals surface area contributed by atoms with E-state index in [4.69, 9.17) is 4.74 Å². The summed E-state index contributed by atoms with van der Waals surface area (Å²) in [7, 11) is -3.68. The Labute approximate surface area is 129 Å². The van der Waals surface area contributed by atoms with Crippen molar-refractivity contribution in [1.29, 1.82) is 0 Å². The molecular formula is C17H16O4S. The molecule has 5 heteroatoms. The molecule has 4 nitrogen and oxygen atoms in total. The van der Waals surface area contributed by atoms with E-state index >= 15 is 0 Å². The summed E-state index contributed by atoms with van der Waals surface area (Å²) in [6.45, 7) is -0.170. The van der Waals surface area contributed by atoms with E-state index in [1.54, 1.807) is 18.2 Å². The molecule has 114 valence electrons. The van der Waals surface area contributed by atoms with Crippen LogP contribution in [-0.4, -0.2) is 26.1 Å². The third kappa shape index (κ3) is 2.82. The summed E-state index contributed by atoms with van der Waals surface area (Å²) in [4.78, 5) is 12.3. The molecule has 0 bridgehead atoms. The van der Waals surface area contributed by atoms with Gasteiger partial charge in [0.25, 0.3) is 0 Å². The molecule has 0 N–H and O–H groups in total. The first kappa shape index (κ1) is 14.9. The number of hydrogen-bond donors (Lipinski definition) is 0. The van der Waals surface area contributed by atoms with Gasteiger partial charge in [0.1, 0.15) is 11.9 Å². The standard InChI is InChI=1S/C17H16O4S/c18-15-12-21-16(13-7-3-1-4-8-13)11-17(15)22(19,20)14-9-5-2-6-10-14/h1-10,16-17H,11-12H2. The number of sulfone groups is 1. The van der Waals surface area contributed by atoms with Crippen LogP contribution in [0.15, 0.2) is 65.6 Å². The highest BCUT2D eigenvalue weighted by molar-refractivity contribution is 7.92. The van der Waals surface area contributed by atoms with E-state index < -0.39 is 15.1 Å². The summed E-state index contributed by atoms with van der Waals surface area (Å²) >= 11 is 0. The van der Waals surface area contributed by atoms with Gasteiger partial charge in [0.15, 0.2) is 15.6 Å². The average molecular weight is 316 g/mol. The number of ether oxygens (including phenoxy) is 1. The maximum Gasteiger partial charge on any atom is 0.188 e. The lowest BCUT2D eigenvalue weighted by Crippen LogP contribution is -2.39. The van der Waals surface area contributed by atoms with Gasteiger partial charge in [-0.15, -0.1) is 0 Å². The fourth-order valence-corrected chi connectivity index (χ4v) is 4.35. The first-order valence-electron chi connectivity index (χ1n) is 7.07. The summed E-state index contributed by atoms with van der Waals surface area (Å²) in [5.74, 6) is -0.379. The number of rotatable bonds is 3. The fraction of sp³-hybridized carbons (Fsp3) is 0.235. The van der Waals surface area contributed by atoms with Gasteiger partial charge in [-0.05, 0) is 17.7 Å². The molecule has 0 radical (unpaired) electrons. The predicted octanol–water partition coefficient (Wildman–Crippen LogP) is 2.56. The van der Waals surface area contributed by atoms with Gasteiger partial charge < -0.3 is 4.74 Å². The molecule has 2 aromatic carbocycles. The Morgan fingerprint density at radius 3 is 2.14 bits per heavy atom. The van der Waals surface area contributed by atoms with Crippen molar-refractivity contribution < 1.29 is 17.9 Å². The molecule has 2 atom stereocenters. The average Bonchev–Trinajstić information content (AvgIpc) is 2.57. The van der Waals surface area contributed by atoms with Crippen LogP contribution in [-0.2, 0) is 19.4 Å². The van der Waals surface area contributed by atoms with Gasteiger partial charge in [-0.3, -0.25) is 4.79 Å². The van der Waals surface area contributed by atoms with Crippen molar-refractivity contribution in [3.63, 3.8) is 0 Å². The topological polar surface area (TPSA) is 60.4 Å². The highest BCUT2D eigenvalue weighted by atomic mass is 32.2. The number of hydrogen-bond acceptors (Lipinski definition) is 4. The Morgan fingerprint density at radius 2 is 1.50 bits per heavy atom. The minimum Gasteiger partial charge on any atom is -0.366 e. The third-order valence-corrected chi connectivity index (χ3v) is 5.97. The quantitative estimate of drug-likeness (QED) is 0.873. The van der Waals surface area contributed by atoms with E-state index in [1.807, 2.05) is 30.3 Å². The van der Waals surface area contributed by atoms with Crippen molar-refractivity contribution in [3.8, 4) is 0 Å². The van der Waals surface area contributed by atoms with Crippen LogP contribution in [0.2, 0.25) is 0 Å². The monoisotopic (exact) mass is 316 g/mol. The van der Waals surface area contributed by atoms with Crippen LogP contribution in [0.3, 0.4) is 0 Å². The van der Waals surface area contributed by atoms with Gasteiger partial charge in [0.2, 0.25) is 0 Å². The van der Waals surface area contributed by atoms with Crippen molar-refractivity contribution >= 4 is 15.6 Å². The number of ketones is 1. The van der Waals surface area contributed by atoms with Crippen LogP contribution >= 0.6 is 0 Å². The molecule has 1 heterocycles. The molecule has 3 rings (SSSR count). The molecule has 2 unspecified atom stereocenters. The lowest BCUT2D eigenvalue weighted by Gasteiger charge is -2.28. The molecule has 0 aliphatic carbocycles. The van der Waals surface area contributed by atoms with Crippen LogP contribution in [0.5, 0.6) is 0 Å². The summed E-state index contributed by atoms with van der Waals surface area (Å²) in [6, 6.07) is 17.5. The molecule has 1 aliphatic rings. The largest absolute Gasteiger partial charge is 0.366 e. The van der Waals surface area contributed by atoms with Crippen LogP contribution in [0.25, 0.3) is 0 Å². The lowest BCUT2D eigenvalue weighted by molar-refractivity contribution is -0.130. The lowest BCUT2D eigenvalue weighted by atomic mass is 10.0. The zero-order chi connectivity index (χ0) is 15.6. The molecular weight excluding hydrogens is 300 g/mol. The second-order valence-electron chi connectivity index (χ2n) is 5.26. The zero-order valence-electron chi connectivity index (χ0n) is 11.9. The van der Waals surface area contributed by atoms with Crippen molar-refractivity contribution in [1.82, 2.24) is 0 Å². The van der Waals surface area contributed by atoms with Gasteiger partial charge in [0, 0.05) is 6.42 Å². The second-order valence-corrected chi connectivity index (χ2v) is 7.39. The Kier molecular flexibility index (Phi) is 4.09. The van der Waals surface area contributed by atoms with Gasteiger partial charge in [-0.2, -0.15) is 0 Å². The van der Waals surface area contributed by atoms with Gasteiger partial charge in [-0.25, -0.2) is 8.42 Å². The van der Waals surface area contributed by atoms with E-state index in [9.17, 15) is 13.2 Å². The number of carbonyl (C=O) groups is 1. The summed E-state index contributed by atoms with van der Waals surface area (Å²) < 4.78 is 30.9. The molecule has 1 fully saturated rings. The summed E-state index contributed by atoms with van der Waals surface area (Å²) in [5.41, 5.74) is 0.892. The van der Waals surface area contributed by atoms with Crippen molar-refractivity contribution in [2.24, 2.45) is 0 Å². The van der Waals surface area contributed by atoms with Crippen LogP contribution in [0.4, 0.5) is 0 Å². The third-order valence-electron chi connectivity index (χ3n) is 3.83. The molecule has 1 aliphatic heterocycles. The van der Waals surface area contributed by atoms with Gasteiger partial charge >= 0.3 is 0 Å². The van der Waals surface area contributed by atoms with E-state index in [2.05, 4.69) is 0 Å². The van der Waals surface area contributed by atoms with Crippen molar-refractivity contribution in [2.45, 2.75) is 22.7 Å². The van der Waals surface area contributed by atoms with Gasteiger partial charge in [-0.1, -0.05) is 48.5 Å².